The molecule has 2 amide bonds. The fraction of sp³-hybridized carbons (Fsp3) is 0.226. The van der Waals surface area contributed by atoms with Crippen LogP contribution in [0, 0.1) is 0 Å². The molecule has 8 nitrogen and oxygen atoms in total. The van der Waals surface area contributed by atoms with E-state index in [-0.39, 0.29) is 29.5 Å². The van der Waals surface area contributed by atoms with Crippen molar-refractivity contribution in [1.82, 2.24) is 9.88 Å². The highest BCUT2D eigenvalue weighted by Crippen LogP contribution is 2.33. The summed E-state index contributed by atoms with van der Waals surface area (Å²) in [6.07, 6.45) is 1.77. The predicted molar refractivity (Wildman–Crippen MR) is 150 cm³/mol. The number of hydrogen-bond acceptors (Lipinski definition) is 6. The number of rotatable bonds is 5. The van der Waals surface area contributed by atoms with Crippen molar-refractivity contribution in [3.05, 3.63) is 94.5 Å². The quantitative estimate of drug-likeness (QED) is 0.223. The molecule has 2 N–H and O–H groups in total. The molecule has 1 saturated heterocycles. The zero-order valence-electron chi connectivity index (χ0n) is 21.8. The smallest absolute Gasteiger partial charge is 0.266 e. The lowest BCUT2D eigenvalue weighted by Gasteiger charge is -2.27. The number of fused-ring (bicyclic) bond motifs is 2. The van der Waals surface area contributed by atoms with E-state index in [1.165, 1.54) is 11.8 Å². The molecule has 0 radical (unpaired) electrons. The number of benzene rings is 3. The van der Waals surface area contributed by atoms with Crippen LogP contribution < -0.4 is 4.90 Å². The summed E-state index contributed by atoms with van der Waals surface area (Å²) in [5.74, 6) is -0.798. The number of anilines is 1. The molecule has 196 valence electrons. The van der Waals surface area contributed by atoms with Gasteiger partial charge in [0.2, 0.25) is 0 Å². The zero-order valence-corrected chi connectivity index (χ0v) is 21.8. The van der Waals surface area contributed by atoms with E-state index in [2.05, 4.69) is 16.9 Å². The third kappa shape index (κ3) is 4.32. The van der Waals surface area contributed by atoms with Crippen molar-refractivity contribution >= 4 is 39.9 Å². The van der Waals surface area contributed by atoms with Crippen LogP contribution in [0.25, 0.3) is 10.9 Å². The summed E-state index contributed by atoms with van der Waals surface area (Å²) < 4.78 is 0. The van der Waals surface area contributed by atoms with E-state index in [0.717, 1.165) is 31.5 Å². The Morgan fingerprint density at radius 2 is 1.54 bits per heavy atom. The average Bonchev–Trinajstić information content (AvgIpc) is 3.40. The molecule has 0 atom stereocenters. The van der Waals surface area contributed by atoms with Gasteiger partial charge in [-0.05, 0) is 82.4 Å². The van der Waals surface area contributed by atoms with Crippen molar-refractivity contribution in [3.63, 3.8) is 0 Å². The number of aliphatic imine (C=N–C) groups is 1. The Bertz CT molecular complexity index is 1620. The summed E-state index contributed by atoms with van der Waals surface area (Å²) in [6.45, 7) is 3.36. The molecule has 2 aliphatic rings. The molecular weight excluding hydrogens is 492 g/mol. The Morgan fingerprint density at radius 1 is 0.923 bits per heavy atom. The molecule has 8 heteroatoms. The fourth-order valence-electron chi connectivity index (χ4n) is 5.42. The van der Waals surface area contributed by atoms with Gasteiger partial charge in [-0.3, -0.25) is 19.4 Å². The van der Waals surface area contributed by atoms with E-state index in [1.54, 1.807) is 54.6 Å². The summed E-state index contributed by atoms with van der Waals surface area (Å²) >= 11 is 0. The molecule has 0 spiro atoms. The predicted octanol–water partition coefficient (Wildman–Crippen LogP) is 4.81. The molecule has 3 aromatic carbocycles. The van der Waals surface area contributed by atoms with E-state index in [4.69, 9.17) is 4.99 Å². The molecule has 0 unspecified atom stereocenters. The number of hydrogen-bond donors (Lipinski definition) is 2. The number of amides is 2. The maximum absolute atomic E-state index is 13.0. The normalized spacial score (nSPS) is 16.8. The minimum atomic E-state index is -0.352. The lowest BCUT2D eigenvalue weighted by molar-refractivity contribution is 0.0924. The largest absolute Gasteiger partial charge is 0.494 e. The number of ketones is 1. The summed E-state index contributed by atoms with van der Waals surface area (Å²) in [5.41, 5.74) is 4.35. The number of aromatic hydroxyl groups is 1. The molecule has 3 heterocycles. The highest BCUT2D eigenvalue weighted by atomic mass is 16.3. The van der Waals surface area contributed by atoms with E-state index in [9.17, 15) is 19.5 Å². The Kier molecular flexibility index (Phi) is 6.12. The van der Waals surface area contributed by atoms with Crippen LogP contribution in [0.1, 0.15) is 62.0 Å². The molecule has 0 bridgehead atoms. The van der Waals surface area contributed by atoms with E-state index in [1.807, 2.05) is 12.1 Å². The van der Waals surface area contributed by atoms with Gasteiger partial charge in [0, 0.05) is 22.0 Å². The van der Waals surface area contributed by atoms with Gasteiger partial charge in [0.25, 0.3) is 11.8 Å². The number of nitrogens with one attached hydrogen (secondary N) is 1. The van der Waals surface area contributed by atoms with Crippen LogP contribution in [0.3, 0.4) is 0 Å². The highest BCUT2D eigenvalue weighted by Gasteiger charge is 2.36. The first-order valence-electron chi connectivity index (χ1n) is 13.0. The van der Waals surface area contributed by atoms with Gasteiger partial charge in [-0.25, -0.2) is 4.90 Å². The van der Waals surface area contributed by atoms with Gasteiger partial charge in [-0.1, -0.05) is 24.3 Å². The van der Waals surface area contributed by atoms with Gasteiger partial charge in [-0.2, -0.15) is 0 Å². The minimum absolute atomic E-state index is 0.0261. The van der Waals surface area contributed by atoms with Gasteiger partial charge in [0.1, 0.15) is 0 Å². The Morgan fingerprint density at radius 3 is 2.15 bits per heavy atom. The van der Waals surface area contributed by atoms with Crippen LogP contribution in [0.4, 0.5) is 5.69 Å². The third-order valence-electron chi connectivity index (χ3n) is 7.61. The minimum Gasteiger partial charge on any atom is -0.494 e. The monoisotopic (exact) mass is 520 g/mol. The lowest BCUT2D eigenvalue weighted by Crippen LogP contribution is -2.32. The molecule has 0 aliphatic carbocycles. The molecule has 39 heavy (non-hydrogen) atoms. The van der Waals surface area contributed by atoms with Crippen LogP contribution in [0.15, 0.2) is 71.7 Å². The molecule has 0 saturated carbocycles. The van der Waals surface area contributed by atoms with Crippen molar-refractivity contribution in [3.8, 4) is 5.88 Å². The van der Waals surface area contributed by atoms with Gasteiger partial charge >= 0.3 is 0 Å². The third-order valence-corrected chi connectivity index (χ3v) is 7.61. The second-order valence-electron chi connectivity index (χ2n) is 10.2. The van der Waals surface area contributed by atoms with Crippen molar-refractivity contribution in [2.45, 2.75) is 25.8 Å². The van der Waals surface area contributed by atoms with Crippen molar-refractivity contribution in [2.75, 3.05) is 25.0 Å². The second kappa shape index (κ2) is 9.63. The topological polar surface area (TPSA) is 106 Å². The number of likely N-dealkylation sites (tertiary alicyclic amines) is 1. The number of H-pyrrole nitrogens is 1. The number of imide groups is 1. The van der Waals surface area contributed by atoms with Crippen molar-refractivity contribution in [1.29, 1.82) is 0 Å². The molecule has 1 fully saturated rings. The van der Waals surface area contributed by atoms with E-state index < -0.39 is 0 Å². The van der Waals surface area contributed by atoms with Gasteiger partial charge in [0.15, 0.2) is 11.7 Å². The number of piperidine rings is 1. The zero-order chi connectivity index (χ0) is 27.3. The number of nitrogens with zero attached hydrogens (tertiary/aromatic N) is 3. The first kappa shape index (κ1) is 24.8. The number of aromatic nitrogens is 1. The van der Waals surface area contributed by atoms with Crippen LogP contribution in [-0.2, 0) is 0 Å². The first-order valence-corrected chi connectivity index (χ1v) is 13.0. The fourth-order valence-corrected chi connectivity index (χ4v) is 5.42. The maximum Gasteiger partial charge on any atom is 0.266 e. The van der Waals surface area contributed by atoms with Gasteiger partial charge in [0.05, 0.1) is 34.1 Å². The number of aromatic amines is 1. The van der Waals surface area contributed by atoms with E-state index >= 15 is 0 Å². The van der Waals surface area contributed by atoms with E-state index in [0.29, 0.717) is 44.6 Å². The summed E-state index contributed by atoms with van der Waals surface area (Å²) in [5, 5.41) is 11.7. The molecule has 6 rings (SSSR count). The number of carbonyl (C=O) groups is 3. The van der Waals surface area contributed by atoms with Crippen LogP contribution >= 0.6 is 0 Å². The summed E-state index contributed by atoms with van der Waals surface area (Å²) in [4.78, 5) is 49.7. The Balaban J connectivity index is 1.44. The Labute approximate surface area is 225 Å². The van der Waals surface area contributed by atoms with Crippen molar-refractivity contribution < 1.29 is 19.5 Å². The molecule has 4 aromatic rings. The molecular formula is C31H28N4O4. The number of carbonyl (C=O) groups excluding carboxylic acids is 3. The highest BCUT2D eigenvalue weighted by molar-refractivity contribution is 6.34. The summed E-state index contributed by atoms with van der Waals surface area (Å²) in [7, 11) is 2.09. The first-order chi connectivity index (χ1) is 18.8. The summed E-state index contributed by atoms with van der Waals surface area (Å²) in [6, 6.07) is 19.3. The second-order valence-corrected chi connectivity index (χ2v) is 10.2. The Hall–Kier alpha value is -4.56. The van der Waals surface area contributed by atoms with Crippen LogP contribution in [0.2, 0.25) is 0 Å². The standard InChI is InChI=1S/C31H28N4O4/c1-18(36)20-9-12-26-25(17-20)27(29(37)33-26)28(32-21-13-15-34(2)16-14-21)19-7-10-22(11-8-19)35-30(38)23-5-3-4-6-24(23)31(35)39/h3-12,17,21,33,37H,13-16H2,1-2H3. The maximum atomic E-state index is 13.0. The molecule has 2 aliphatic heterocycles. The van der Waals surface area contributed by atoms with Gasteiger partial charge in [-0.15, -0.1) is 0 Å². The van der Waals surface area contributed by atoms with Crippen molar-refractivity contribution in [2.24, 2.45) is 4.99 Å². The van der Waals surface area contributed by atoms with Gasteiger partial charge < -0.3 is 15.0 Å². The van der Waals surface area contributed by atoms with Crippen LogP contribution in [-0.4, -0.2) is 64.5 Å². The number of Topliss-reactive ketones (excluding diaryl/α,β-unsaturated/α-hetero) is 1. The van der Waals surface area contributed by atoms with Crippen LogP contribution in [0.5, 0.6) is 5.88 Å². The average molecular weight is 521 g/mol. The lowest BCUT2D eigenvalue weighted by atomic mass is 9.97. The molecule has 1 aromatic heterocycles. The SMILES string of the molecule is CC(=O)c1ccc2[nH]c(O)c(C(=NC3CCN(C)CC3)c3ccc(N4C(=O)c5ccccc5C4=O)cc3)c2c1.